The van der Waals surface area contributed by atoms with E-state index in [2.05, 4.69) is 43.0 Å². The average Bonchev–Trinajstić information content (AvgIpc) is 3.19. The Morgan fingerprint density at radius 2 is 1.75 bits per heavy atom. The van der Waals surface area contributed by atoms with Crippen LogP contribution in [-0.4, -0.2) is 21.0 Å². The molecule has 0 radical (unpaired) electrons. The monoisotopic (exact) mass is 482 g/mol. The van der Waals surface area contributed by atoms with Gasteiger partial charge in [-0.3, -0.25) is 9.78 Å². The fourth-order valence-corrected chi connectivity index (χ4v) is 3.06. The van der Waals surface area contributed by atoms with Crippen molar-refractivity contribution < 1.29 is 9.32 Å². The van der Waals surface area contributed by atoms with E-state index in [4.69, 9.17) is 4.52 Å². The molecule has 6 nitrogen and oxygen atoms in total. The number of rotatable bonds is 5. The van der Waals surface area contributed by atoms with Gasteiger partial charge in [0.25, 0.3) is 5.91 Å². The van der Waals surface area contributed by atoms with E-state index in [0.717, 1.165) is 20.4 Å². The number of hydrogen-bond donors (Lipinski definition) is 1. The molecule has 28 heavy (non-hydrogen) atoms. The van der Waals surface area contributed by atoms with E-state index in [1.165, 1.54) is 0 Å². The van der Waals surface area contributed by atoms with Crippen molar-refractivity contribution in [3.63, 3.8) is 0 Å². The minimum Gasteiger partial charge on any atom is -0.339 e. The van der Waals surface area contributed by atoms with E-state index in [1.54, 1.807) is 24.5 Å². The summed E-state index contributed by atoms with van der Waals surface area (Å²) in [5, 5.41) is 6.99. The minimum atomic E-state index is -0.160. The molecular weight excluding hydrogens is 467 g/mol. The number of carbonyl (C=O) groups excluding carboxylic acids is 1. The summed E-state index contributed by atoms with van der Waals surface area (Å²) in [7, 11) is 0. The van der Waals surface area contributed by atoms with Crippen LogP contribution in [-0.2, 0) is 6.42 Å². The van der Waals surface area contributed by atoms with Gasteiger partial charge in [0, 0.05) is 32.8 Å². The van der Waals surface area contributed by atoms with Crippen LogP contribution in [0.5, 0.6) is 0 Å². The predicted octanol–water partition coefficient (Wildman–Crippen LogP) is 4.58. The van der Waals surface area contributed by atoms with Gasteiger partial charge in [-0.2, -0.15) is 4.98 Å². The second kappa shape index (κ2) is 8.30. The Kier molecular flexibility index (Phi) is 5.43. The third-order valence-electron chi connectivity index (χ3n) is 4.12. The van der Waals surface area contributed by atoms with Crippen LogP contribution in [0.2, 0.25) is 0 Å². The fourth-order valence-electron chi connectivity index (χ4n) is 2.70. The molecule has 2 aromatic heterocycles. The number of hydrogen-bond acceptors (Lipinski definition) is 5. The average molecular weight is 482 g/mol. The Morgan fingerprint density at radius 3 is 2.54 bits per heavy atom. The molecule has 0 aliphatic rings. The SMILES string of the molecule is O=C(Nc1ccccc1Cc1nc(-c2ccncc2)no1)c1ccc(I)cc1. The highest BCUT2D eigenvalue weighted by molar-refractivity contribution is 14.1. The number of pyridine rings is 1. The molecule has 4 aromatic rings. The number of carbonyl (C=O) groups is 1. The smallest absolute Gasteiger partial charge is 0.255 e. The van der Waals surface area contributed by atoms with E-state index in [0.29, 0.717) is 23.7 Å². The van der Waals surface area contributed by atoms with Crippen LogP contribution in [0.4, 0.5) is 5.69 Å². The number of benzene rings is 2. The molecule has 2 heterocycles. The lowest BCUT2D eigenvalue weighted by Gasteiger charge is -2.10. The van der Waals surface area contributed by atoms with E-state index in [9.17, 15) is 4.79 Å². The first kappa shape index (κ1) is 18.3. The predicted molar refractivity (Wildman–Crippen MR) is 114 cm³/mol. The standard InChI is InChI=1S/C21H15IN4O2/c22-17-7-5-15(6-8-17)21(27)24-18-4-2-1-3-16(18)13-19-25-20(26-28-19)14-9-11-23-12-10-14/h1-12H,13H2,(H,24,27). The lowest BCUT2D eigenvalue weighted by atomic mass is 10.1. The molecule has 0 aliphatic heterocycles. The summed E-state index contributed by atoms with van der Waals surface area (Å²) in [6.07, 6.45) is 3.78. The number of anilines is 1. The van der Waals surface area contributed by atoms with E-state index >= 15 is 0 Å². The van der Waals surface area contributed by atoms with E-state index in [-0.39, 0.29) is 5.91 Å². The van der Waals surface area contributed by atoms with Gasteiger partial charge < -0.3 is 9.84 Å². The van der Waals surface area contributed by atoms with Crippen LogP contribution in [0, 0.1) is 3.57 Å². The topological polar surface area (TPSA) is 80.9 Å². The third kappa shape index (κ3) is 4.25. The molecule has 0 saturated heterocycles. The first-order chi connectivity index (χ1) is 13.7. The third-order valence-corrected chi connectivity index (χ3v) is 4.84. The molecule has 0 aliphatic carbocycles. The maximum Gasteiger partial charge on any atom is 0.255 e. The van der Waals surface area contributed by atoms with Crippen molar-refractivity contribution in [3.8, 4) is 11.4 Å². The molecule has 0 unspecified atom stereocenters. The second-order valence-electron chi connectivity index (χ2n) is 6.04. The highest BCUT2D eigenvalue weighted by Gasteiger charge is 2.13. The zero-order valence-corrected chi connectivity index (χ0v) is 16.8. The van der Waals surface area contributed by atoms with Crippen molar-refractivity contribution in [2.75, 3.05) is 5.32 Å². The number of halogens is 1. The lowest BCUT2D eigenvalue weighted by Crippen LogP contribution is -2.13. The molecule has 1 N–H and O–H groups in total. The molecule has 138 valence electrons. The van der Waals surface area contributed by atoms with Gasteiger partial charge in [0.05, 0.1) is 6.42 Å². The van der Waals surface area contributed by atoms with Gasteiger partial charge in [0.2, 0.25) is 11.7 Å². The lowest BCUT2D eigenvalue weighted by molar-refractivity contribution is 0.102. The van der Waals surface area contributed by atoms with Crippen molar-refractivity contribution in [1.82, 2.24) is 15.1 Å². The Bertz CT molecular complexity index is 1090. The second-order valence-corrected chi connectivity index (χ2v) is 7.29. The highest BCUT2D eigenvalue weighted by atomic mass is 127. The summed E-state index contributed by atoms with van der Waals surface area (Å²) in [5.74, 6) is 0.826. The van der Waals surface area contributed by atoms with Gasteiger partial charge in [-0.15, -0.1) is 0 Å². The highest BCUT2D eigenvalue weighted by Crippen LogP contribution is 2.21. The van der Waals surface area contributed by atoms with E-state index < -0.39 is 0 Å². The molecule has 0 fully saturated rings. The number of amides is 1. The van der Waals surface area contributed by atoms with Crippen LogP contribution in [0.1, 0.15) is 21.8 Å². The minimum absolute atomic E-state index is 0.160. The first-order valence-electron chi connectivity index (χ1n) is 8.57. The van der Waals surface area contributed by atoms with Crippen LogP contribution in [0.3, 0.4) is 0 Å². The number of aromatic nitrogens is 3. The van der Waals surface area contributed by atoms with Gasteiger partial charge in [-0.25, -0.2) is 0 Å². The van der Waals surface area contributed by atoms with Crippen molar-refractivity contribution in [3.05, 3.63) is 93.6 Å². The molecule has 0 spiro atoms. The quantitative estimate of drug-likeness (QED) is 0.422. The molecule has 0 atom stereocenters. The van der Waals surface area contributed by atoms with E-state index in [1.807, 2.05) is 48.5 Å². The van der Waals surface area contributed by atoms with Crippen LogP contribution >= 0.6 is 22.6 Å². The van der Waals surface area contributed by atoms with Gasteiger partial charge in [-0.05, 0) is 70.6 Å². The van der Waals surface area contributed by atoms with Crippen molar-refractivity contribution in [1.29, 1.82) is 0 Å². The first-order valence-corrected chi connectivity index (χ1v) is 9.65. The Morgan fingerprint density at radius 1 is 1.00 bits per heavy atom. The summed E-state index contributed by atoms with van der Waals surface area (Å²) < 4.78 is 6.47. The molecule has 7 heteroatoms. The van der Waals surface area contributed by atoms with Crippen molar-refractivity contribution >= 4 is 34.2 Å². The number of para-hydroxylation sites is 1. The van der Waals surface area contributed by atoms with Crippen LogP contribution in [0.15, 0.2) is 77.6 Å². The number of nitrogens with zero attached hydrogens (tertiary/aromatic N) is 3. The Balaban J connectivity index is 1.53. The fraction of sp³-hybridized carbons (Fsp3) is 0.0476. The molecule has 0 bridgehead atoms. The Labute approximate surface area is 175 Å². The summed E-state index contributed by atoms with van der Waals surface area (Å²) in [5.41, 5.74) is 3.05. The molecular formula is C21H15IN4O2. The Hall–Kier alpha value is -3.07. The van der Waals surface area contributed by atoms with Crippen molar-refractivity contribution in [2.45, 2.75) is 6.42 Å². The number of nitrogens with one attached hydrogen (secondary N) is 1. The summed E-state index contributed by atoms with van der Waals surface area (Å²) in [6.45, 7) is 0. The largest absolute Gasteiger partial charge is 0.339 e. The maximum atomic E-state index is 12.5. The molecule has 1 amide bonds. The van der Waals surface area contributed by atoms with Gasteiger partial charge in [-0.1, -0.05) is 23.4 Å². The van der Waals surface area contributed by atoms with Crippen molar-refractivity contribution in [2.24, 2.45) is 0 Å². The van der Waals surface area contributed by atoms with Gasteiger partial charge in [0.1, 0.15) is 0 Å². The normalized spacial score (nSPS) is 10.6. The molecule has 2 aromatic carbocycles. The van der Waals surface area contributed by atoms with Crippen LogP contribution < -0.4 is 5.32 Å². The maximum absolute atomic E-state index is 12.5. The molecule has 4 rings (SSSR count). The van der Waals surface area contributed by atoms with Gasteiger partial charge >= 0.3 is 0 Å². The van der Waals surface area contributed by atoms with Crippen LogP contribution in [0.25, 0.3) is 11.4 Å². The van der Waals surface area contributed by atoms with Gasteiger partial charge in [0.15, 0.2) is 0 Å². The summed E-state index contributed by atoms with van der Waals surface area (Å²) in [6, 6.07) is 18.6. The zero-order valence-electron chi connectivity index (χ0n) is 14.7. The summed E-state index contributed by atoms with van der Waals surface area (Å²) in [4.78, 5) is 21.0. The molecule has 0 saturated carbocycles. The zero-order chi connectivity index (χ0) is 19.3. The summed E-state index contributed by atoms with van der Waals surface area (Å²) >= 11 is 2.21.